The lowest BCUT2D eigenvalue weighted by Crippen LogP contribution is -2.12. The van der Waals surface area contributed by atoms with Crippen molar-refractivity contribution in [2.24, 2.45) is 0 Å². The van der Waals surface area contributed by atoms with Crippen LogP contribution in [0.25, 0.3) is 0 Å². The lowest BCUT2D eigenvalue weighted by atomic mass is 10.2. The maximum atomic E-state index is 10.9. The van der Waals surface area contributed by atoms with Gasteiger partial charge in [0, 0.05) is 12.2 Å². The smallest absolute Gasteiger partial charge is 0.312 e. The molecule has 2 nitrogen and oxygen atoms in total. The minimum Gasteiger partial charge on any atom is -0.419 e. The summed E-state index contributed by atoms with van der Waals surface area (Å²) in [7, 11) is 0. The number of thiol groups is 1. The van der Waals surface area contributed by atoms with E-state index in [4.69, 9.17) is 0 Å². The van der Waals surface area contributed by atoms with Gasteiger partial charge >= 0.3 is 5.97 Å². The number of ether oxygens (including phenoxy) is 1. The third-order valence-electron chi connectivity index (χ3n) is 1.10. The van der Waals surface area contributed by atoms with Crippen LogP contribution in [0.3, 0.4) is 0 Å². The fraction of sp³-hybridized carbons (Fsp3) is 0.500. The molecule has 0 aromatic rings. The van der Waals surface area contributed by atoms with Gasteiger partial charge in [-0.1, -0.05) is 6.08 Å². The van der Waals surface area contributed by atoms with Crippen molar-refractivity contribution in [3.63, 3.8) is 0 Å². The highest BCUT2D eigenvalue weighted by Gasteiger charge is 2.09. The maximum Gasteiger partial charge on any atom is 0.312 e. The van der Waals surface area contributed by atoms with Crippen LogP contribution in [0.15, 0.2) is 12.7 Å². The van der Waals surface area contributed by atoms with Crippen LogP contribution in [-0.4, -0.2) is 16.3 Å². The topological polar surface area (TPSA) is 26.3 Å². The second-order valence-corrected chi connectivity index (χ2v) is 3.65. The molecule has 4 heteroatoms. The van der Waals surface area contributed by atoms with Gasteiger partial charge in [0.1, 0.15) is 0 Å². The van der Waals surface area contributed by atoms with E-state index in [0.717, 1.165) is 0 Å². The van der Waals surface area contributed by atoms with E-state index < -0.39 is 0 Å². The minimum absolute atomic E-state index is 0.0238. The van der Waals surface area contributed by atoms with Gasteiger partial charge in [0.15, 0.2) is 5.05 Å². The van der Waals surface area contributed by atoms with Gasteiger partial charge in [0.2, 0.25) is 0 Å². The van der Waals surface area contributed by atoms with Gasteiger partial charge in [0.05, 0.1) is 6.42 Å². The largest absolute Gasteiger partial charge is 0.419 e. The van der Waals surface area contributed by atoms with Crippen molar-refractivity contribution in [2.45, 2.75) is 25.0 Å². The summed E-state index contributed by atoms with van der Waals surface area (Å²) in [6.07, 6.45) is 2.67. The van der Waals surface area contributed by atoms with E-state index in [9.17, 15) is 4.79 Å². The number of rotatable bonds is 4. The summed E-state index contributed by atoms with van der Waals surface area (Å²) in [5, 5.41) is 0.225. The Morgan fingerprint density at radius 3 is 2.83 bits per heavy atom. The average Bonchev–Trinajstić information content (AvgIpc) is 1.84. The number of esters is 1. The van der Waals surface area contributed by atoms with Gasteiger partial charge < -0.3 is 4.74 Å². The summed E-state index contributed by atoms with van der Waals surface area (Å²) in [6, 6.07) is 0. The van der Waals surface area contributed by atoms with Gasteiger partial charge in [-0.2, -0.15) is 12.6 Å². The van der Waals surface area contributed by atoms with E-state index in [0.29, 0.717) is 6.42 Å². The normalized spacial score (nSPS) is 11.8. The Morgan fingerprint density at radius 1 is 1.83 bits per heavy atom. The summed E-state index contributed by atoms with van der Waals surface area (Å²) in [5.74, 6) is -0.329. The number of carbonyl (C=O) groups excluding carboxylic acids is 1. The lowest BCUT2D eigenvalue weighted by molar-refractivity contribution is -0.135. The first-order chi connectivity index (χ1) is 5.56. The number of hydrogen-bond donors (Lipinski definition) is 1. The van der Waals surface area contributed by atoms with Crippen LogP contribution in [0.1, 0.15) is 19.8 Å². The highest BCUT2D eigenvalue weighted by Crippen LogP contribution is 2.07. The third kappa shape index (κ3) is 6.37. The van der Waals surface area contributed by atoms with Gasteiger partial charge in [-0.3, -0.25) is 4.79 Å². The van der Waals surface area contributed by atoms with E-state index in [1.165, 1.54) is 0 Å². The van der Waals surface area contributed by atoms with Crippen LogP contribution in [-0.2, 0) is 9.53 Å². The molecular formula is C8H12O2S2. The molecule has 0 aliphatic carbocycles. The summed E-state index contributed by atoms with van der Waals surface area (Å²) < 4.78 is 4.68. The molecule has 0 spiro atoms. The zero-order chi connectivity index (χ0) is 9.56. The summed E-state index contributed by atoms with van der Waals surface area (Å²) >= 11 is 8.76. The lowest BCUT2D eigenvalue weighted by Gasteiger charge is -2.06. The fourth-order valence-corrected chi connectivity index (χ4v) is 1.06. The Bertz CT molecular complexity index is 189. The molecule has 0 aromatic carbocycles. The van der Waals surface area contributed by atoms with Gasteiger partial charge in [-0.05, 0) is 18.6 Å². The molecule has 0 fully saturated rings. The molecule has 1 unspecified atom stereocenters. The van der Waals surface area contributed by atoms with Gasteiger partial charge in [-0.25, -0.2) is 0 Å². The van der Waals surface area contributed by atoms with Crippen LogP contribution >= 0.6 is 24.8 Å². The van der Waals surface area contributed by atoms with Crippen molar-refractivity contribution in [1.82, 2.24) is 0 Å². The van der Waals surface area contributed by atoms with Crippen LogP contribution in [0.2, 0.25) is 0 Å². The molecule has 0 N–H and O–H groups in total. The number of allylic oxidation sites excluding steroid dienone is 1. The van der Waals surface area contributed by atoms with E-state index >= 15 is 0 Å². The zero-order valence-electron chi connectivity index (χ0n) is 6.95. The molecule has 0 amide bonds. The second-order valence-electron chi connectivity index (χ2n) is 2.35. The van der Waals surface area contributed by atoms with Crippen molar-refractivity contribution in [2.75, 3.05) is 0 Å². The first kappa shape index (κ1) is 11.6. The molecule has 0 aliphatic rings. The Morgan fingerprint density at radius 2 is 2.42 bits per heavy atom. The molecule has 0 saturated carbocycles. The van der Waals surface area contributed by atoms with Crippen molar-refractivity contribution in [3.05, 3.63) is 12.7 Å². The number of hydrogen-bond acceptors (Lipinski definition) is 4. The van der Waals surface area contributed by atoms with Gasteiger partial charge in [0.25, 0.3) is 0 Å². The van der Waals surface area contributed by atoms with Crippen LogP contribution in [0.5, 0.6) is 0 Å². The SMILES string of the molecule is C=CCC(S)CC(=O)OC(C)=S. The number of carbonyl (C=O) groups is 1. The van der Waals surface area contributed by atoms with Crippen molar-refractivity contribution in [3.8, 4) is 0 Å². The van der Waals surface area contributed by atoms with Crippen molar-refractivity contribution >= 4 is 35.9 Å². The molecular weight excluding hydrogens is 192 g/mol. The molecule has 68 valence electrons. The Hall–Kier alpha value is -0.350. The summed E-state index contributed by atoms with van der Waals surface area (Å²) in [6.45, 7) is 5.11. The molecule has 0 radical (unpaired) electrons. The van der Waals surface area contributed by atoms with Crippen LogP contribution in [0, 0.1) is 0 Å². The Kier molecular flexibility index (Phi) is 6.02. The molecule has 0 saturated heterocycles. The van der Waals surface area contributed by atoms with Crippen LogP contribution in [0.4, 0.5) is 0 Å². The second kappa shape index (κ2) is 6.20. The van der Waals surface area contributed by atoms with Crippen LogP contribution < -0.4 is 0 Å². The van der Waals surface area contributed by atoms with Crippen molar-refractivity contribution < 1.29 is 9.53 Å². The predicted octanol–water partition coefficient (Wildman–Crippen LogP) is 2.14. The molecule has 0 rings (SSSR count). The van der Waals surface area contributed by atoms with Crippen molar-refractivity contribution in [1.29, 1.82) is 0 Å². The first-order valence-corrected chi connectivity index (χ1v) is 4.49. The predicted molar refractivity (Wildman–Crippen MR) is 56.6 cm³/mol. The van der Waals surface area contributed by atoms with E-state index in [-0.39, 0.29) is 22.7 Å². The first-order valence-electron chi connectivity index (χ1n) is 3.56. The Labute approximate surface area is 83.4 Å². The minimum atomic E-state index is -0.329. The highest BCUT2D eigenvalue weighted by atomic mass is 32.1. The van der Waals surface area contributed by atoms with E-state index in [2.05, 4.69) is 36.2 Å². The number of thiocarbonyl (C=S) groups is 1. The quantitative estimate of drug-likeness (QED) is 0.329. The molecule has 0 aromatic heterocycles. The maximum absolute atomic E-state index is 10.9. The molecule has 0 aliphatic heterocycles. The fourth-order valence-electron chi connectivity index (χ4n) is 0.670. The monoisotopic (exact) mass is 204 g/mol. The molecule has 1 atom stereocenters. The van der Waals surface area contributed by atoms with Gasteiger partial charge in [-0.15, -0.1) is 6.58 Å². The third-order valence-corrected chi connectivity index (χ3v) is 1.58. The Balaban J connectivity index is 3.68. The highest BCUT2D eigenvalue weighted by molar-refractivity contribution is 7.81. The standard InChI is InChI=1S/C8H12O2S2/c1-3-4-7(12)5-8(9)10-6(2)11/h3,7,12H,1,4-5H2,2H3. The zero-order valence-corrected chi connectivity index (χ0v) is 8.66. The molecule has 12 heavy (non-hydrogen) atoms. The summed E-state index contributed by atoms with van der Waals surface area (Å²) in [4.78, 5) is 10.9. The molecule has 0 heterocycles. The van der Waals surface area contributed by atoms with E-state index in [1.54, 1.807) is 13.0 Å². The summed E-state index contributed by atoms with van der Waals surface area (Å²) in [5.41, 5.74) is 0. The average molecular weight is 204 g/mol. The van der Waals surface area contributed by atoms with E-state index in [1.807, 2.05) is 0 Å². The molecule has 0 bridgehead atoms.